The van der Waals surface area contributed by atoms with Crippen LogP contribution in [0.3, 0.4) is 0 Å². The minimum absolute atomic E-state index is 0.411. The molecule has 0 amide bonds. The van der Waals surface area contributed by atoms with Crippen LogP contribution in [0.5, 0.6) is 0 Å². The highest BCUT2D eigenvalue weighted by molar-refractivity contribution is 6.01. The standard InChI is InChI=1S/C11H10N2O/c1-8-2-4-9(5-3-8)11-6-10(7-12)14-13-11/h2-5,10H,6H2,1H3. The first kappa shape index (κ1) is 8.76. The molecule has 3 heteroatoms. The highest BCUT2D eigenvalue weighted by Gasteiger charge is 2.20. The quantitative estimate of drug-likeness (QED) is 0.673. The molecular formula is C11H10N2O. The van der Waals surface area contributed by atoms with E-state index in [9.17, 15) is 0 Å². The van der Waals surface area contributed by atoms with Crippen molar-refractivity contribution in [2.75, 3.05) is 0 Å². The Morgan fingerprint density at radius 1 is 1.43 bits per heavy atom. The van der Waals surface area contributed by atoms with Gasteiger partial charge in [0.1, 0.15) is 6.07 Å². The van der Waals surface area contributed by atoms with E-state index in [1.165, 1.54) is 5.56 Å². The summed E-state index contributed by atoms with van der Waals surface area (Å²) in [6.07, 6.45) is 0.172. The number of hydrogen-bond donors (Lipinski definition) is 0. The molecule has 14 heavy (non-hydrogen) atoms. The third-order valence-electron chi connectivity index (χ3n) is 2.20. The second kappa shape index (κ2) is 3.51. The monoisotopic (exact) mass is 186 g/mol. The Morgan fingerprint density at radius 2 is 2.14 bits per heavy atom. The van der Waals surface area contributed by atoms with Gasteiger partial charge in [-0.15, -0.1) is 0 Å². The maximum atomic E-state index is 8.63. The first-order chi connectivity index (χ1) is 6.79. The first-order valence-electron chi connectivity index (χ1n) is 4.49. The van der Waals surface area contributed by atoms with Gasteiger partial charge < -0.3 is 4.84 Å². The molecule has 1 aliphatic rings. The smallest absolute Gasteiger partial charge is 0.218 e. The first-order valence-corrected chi connectivity index (χ1v) is 4.49. The van der Waals surface area contributed by atoms with Crippen molar-refractivity contribution in [2.45, 2.75) is 19.4 Å². The molecule has 0 bridgehead atoms. The topological polar surface area (TPSA) is 45.4 Å². The second-order valence-electron chi connectivity index (χ2n) is 3.33. The zero-order chi connectivity index (χ0) is 9.97. The van der Waals surface area contributed by atoms with Crippen LogP contribution in [-0.2, 0) is 4.84 Å². The van der Waals surface area contributed by atoms with Crippen LogP contribution in [0.1, 0.15) is 17.5 Å². The third-order valence-corrected chi connectivity index (χ3v) is 2.20. The molecule has 2 rings (SSSR count). The van der Waals surface area contributed by atoms with E-state index in [2.05, 4.69) is 5.16 Å². The Morgan fingerprint density at radius 3 is 2.71 bits per heavy atom. The van der Waals surface area contributed by atoms with Crippen LogP contribution < -0.4 is 0 Å². The molecule has 1 aromatic rings. The summed E-state index contributed by atoms with van der Waals surface area (Å²) < 4.78 is 0. The van der Waals surface area contributed by atoms with Crippen LogP contribution in [0, 0.1) is 18.3 Å². The van der Waals surface area contributed by atoms with E-state index < -0.39 is 6.10 Å². The highest BCUT2D eigenvalue weighted by atomic mass is 16.6. The maximum absolute atomic E-state index is 8.63. The molecule has 0 fully saturated rings. The molecule has 1 heterocycles. The molecule has 0 saturated heterocycles. The summed E-state index contributed by atoms with van der Waals surface area (Å²) >= 11 is 0. The van der Waals surface area contributed by atoms with E-state index in [0.717, 1.165) is 11.3 Å². The zero-order valence-corrected chi connectivity index (χ0v) is 7.90. The summed E-state index contributed by atoms with van der Waals surface area (Å²) in [5, 5.41) is 12.5. The number of oxime groups is 1. The summed E-state index contributed by atoms with van der Waals surface area (Å²) in [5.41, 5.74) is 3.11. The fourth-order valence-corrected chi connectivity index (χ4v) is 1.36. The van der Waals surface area contributed by atoms with E-state index in [1.54, 1.807) is 0 Å². The van der Waals surface area contributed by atoms with Crippen LogP contribution >= 0.6 is 0 Å². The molecule has 1 atom stereocenters. The lowest BCUT2D eigenvalue weighted by Gasteiger charge is -1.98. The van der Waals surface area contributed by atoms with E-state index >= 15 is 0 Å². The number of hydrogen-bond acceptors (Lipinski definition) is 3. The average Bonchev–Trinajstić information content (AvgIpc) is 2.67. The Balaban J connectivity index is 2.18. The third kappa shape index (κ3) is 1.60. The predicted molar refractivity (Wildman–Crippen MR) is 52.8 cm³/mol. The number of nitriles is 1. The lowest BCUT2D eigenvalue weighted by molar-refractivity contribution is 0.125. The van der Waals surface area contributed by atoms with Gasteiger partial charge in [-0.3, -0.25) is 0 Å². The van der Waals surface area contributed by atoms with Gasteiger partial charge in [0.05, 0.1) is 5.71 Å². The van der Waals surface area contributed by atoms with Gasteiger partial charge in [-0.05, 0) is 12.5 Å². The molecule has 0 radical (unpaired) electrons. The van der Waals surface area contributed by atoms with Crippen molar-refractivity contribution in [3.63, 3.8) is 0 Å². The van der Waals surface area contributed by atoms with Crippen LogP contribution in [-0.4, -0.2) is 11.8 Å². The van der Waals surface area contributed by atoms with Gasteiger partial charge in [0.25, 0.3) is 0 Å². The molecule has 1 aliphatic heterocycles. The minimum Gasteiger partial charge on any atom is -0.376 e. The lowest BCUT2D eigenvalue weighted by atomic mass is 10.0. The van der Waals surface area contributed by atoms with Gasteiger partial charge in [0.2, 0.25) is 6.10 Å². The minimum atomic E-state index is -0.411. The van der Waals surface area contributed by atoms with Crippen LogP contribution in [0.4, 0.5) is 0 Å². The molecule has 3 nitrogen and oxygen atoms in total. The predicted octanol–water partition coefficient (Wildman–Crippen LogP) is 2.01. The van der Waals surface area contributed by atoms with Gasteiger partial charge in [0, 0.05) is 6.42 Å². The van der Waals surface area contributed by atoms with Crippen molar-refractivity contribution in [2.24, 2.45) is 5.16 Å². The van der Waals surface area contributed by atoms with E-state index in [4.69, 9.17) is 10.1 Å². The summed E-state index contributed by atoms with van der Waals surface area (Å²) in [4.78, 5) is 4.93. The molecule has 0 aromatic heterocycles. The molecule has 0 N–H and O–H groups in total. The number of aryl methyl sites for hydroxylation is 1. The van der Waals surface area contributed by atoms with Crippen molar-refractivity contribution in [1.82, 2.24) is 0 Å². The van der Waals surface area contributed by atoms with Crippen LogP contribution in [0.25, 0.3) is 0 Å². The van der Waals surface area contributed by atoms with Crippen molar-refractivity contribution < 1.29 is 4.84 Å². The molecule has 1 aromatic carbocycles. The average molecular weight is 186 g/mol. The summed E-state index contributed by atoms with van der Waals surface area (Å²) in [6, 6.07) is 10.1. The van der Waals surface area contributed by atoms with Gasteiger partial charge in [-0.25, -0.2) is 0 Å². The van der Waals surface area contributed by atoms with Crippen LogP contribution in [0.15, 0.2) is 29.4 Å². The molecule has 1 unspecified atom stereocenters. The largest absolute Gasteiger partial charge is 0.376 e. The van der Waals surface area contributed by atoms with Gasteiger partial charge in [0.15, 0.2) is 0 Å². The number of rotatable bonds is 1. The lowest BCUT2D eigenvalue weighted by Crippen LogP contribution is -2.04. The van der Waals surface area contributed by atoms with Gasteiger partial charge in [-0.2, -0.15) is 5.26 Å². The Kier molecular flexibility index (Phi) is 2.19. The highest BCUT2D eigenvalue weighted by Crippen LogP contribution is 2.16. The van der Waals surface area contributed by atoms with E-state index in [-0.39, 0.29) is 0 Å². The van der Waals surface area contributed by atoms with E-state index in [1.807, 2.05) is 37.3 Å². The maximum Gasteiger partial charge on any atom is 0.218 e. The van der Waals surface area contributed by atoms with Crippen molar-refractivity contribution in [3.05, 3.63) is 35.4 Å². The normalized spacial score (nSPS) is 19.7. The summed E-state index contributed by atoms with van der Waals surface area (Å²) in [5.74, 6) is 0. The van der Waals surface area contributed by atoms with Crippen molar-refractivity contribution >= 4 is 5.71 Å². The Labute approximate surface area is 82.6 Å². The van der Waals surface area contributed by atoms with Gasteiger partial charge in [-0.1, -0.05) is 35.0 Å². The van der Waals surface area contributed by atoms with Crippen LogP contribution in [0.2, 0.25) is 0 Å². The Bertz CT molecular complexity index is 400. The Hall–Kier alpha value is -1.82. The second-order valence-corrected chi connectivity index (χ2v) is 3.33. The molecule has 0 spiro atoms. The SMILES string of the molecule is Cc1ccc(C2=NOC(C#N)C2)cc1. The molecular weight excluding hydrogens is 176 g/mol. The van der Waals surface area contributed by atoms with E-state index in [0.29, 0.717) is 6.42 Å². The fourth-order valence-electron chi connectivity index (χ4n) is 1.36. The van der Waals surface area contributed by atoms with Gasteiger partial charge >= 0.3 is 0 Å². The van der Waals surface area contributed by atoms with Crippen molar-refractivity contribution in [3.8, 4) is 6.07 Å². The number of nitrogens with zero attached hydrogens (tertiary/aromatic N) is 2. The molecule has 70 valence electrons. The number of benzene rings is 1. The fraction of sp³-hybridized carbons (Fsp3) is 0.273. The zero-order valence-electron chi connectivity index (χ0n) is 7.90. The summed E-state index contributed by atoms with van der Waals surface area (Å²) in [7, 11) is 0. The summed E-state index contributed by atoms with van der Waals surface area (Å²) in [6.45, 7) is 2.04. The molecule has 0 aliphatic carbocycles. The van der Waals surface area contributed by atoms with Crippen molar-refractivity contribution in [1.29, 1.82) is 5.26 Å². The molecule has 0 saturated carbocycles.